The van der Waals surface area contributed by atoms with Gasteiger partial charge in [0.15, 0.2) is 11.5 Å². The highest BCUT2D eigenvalue weighted by Gasteiger charge is 2.50. The zero-order chi connectivity index (χ0) is 23.1. The maximum Gasteiger partial charge on any atom is 0.261 e. The summed E-state index contributed by atoms with van der Waals surface area (Å²) in [6.45, 7) is 7.73. The lowest BCUT2D eigenvalue weighted by Gasteiger charge is -2.45. The molecule has 170 valence electrons. The molecule has 0 unspecified atom stereocenters. The number of hydrogen-bond acceptors (Lipinski definition) is 5. The second kappa shape index (κ2) is 8.39. The topological polar surface area (TPSA) is 78.9 Å². The number of hydrogen-bond donors (Lipinski definition) is 1. The van der Waals surface area contributed by atoms with E-state index in [1.165, 1.54) is 16.7 Å². The summed E-state index contributed by atoms with van der Waals surface area (Å²) in [6, 6.07) is 22.0. The van der Waals surface area contributed by atoms with Crippen LogP contribution >= 0.6 is 0 Å². The van der Waals surface area contributed by atoms with Crippen molar-refractivity contribution < 1.29 is 4.43 Å². The third-order valence-corrected chi connectivity index (χ3v) is 11.9. The molecule has 1 aliphatic carbocycles. The molecule has 33 heavy (non-hydrogen) atoms. The predicted octanol–water partition coefficient (Wildman–Crippen LogP) is 3.94. The summed E-state index contributed by atoms with van der Waals surface area (Å²) >= 11 is 0. The first-order valence-electron chi connectivity index (χ1n) is 11.6. The van der Waals surface area contributed by atoms with Crippen LogP contribution in [0.5, 0.6) is 0 Å². The largest absolute Gasteiger partial charge is 0.407 e. The monoisotopic (exact) mass is 457 g/mol. The van der Waals surface area contributed by atoms with Gasteiger partial charge in [0.2, 0.25) is 0 Å². The summed E-state index contributed by atoms with van der Waals surface area (Å²) in [5.41, 5.74) is 7.46. The maximum atomic E-state index is 7.11. The predicted molar refractivity (Wildman–Crippen MR) is 135 cm³/mol. The first-order valence-corrected chi connectivity index (χ1v) is 13.5. The number of fused-ring (bicyclic) bond motifs is 1. The summed E-state index contributed by atoms with van der Waals surface area (Å²) in [7, 11) is -2.49. The molecule has 0 aliphatic heterocycles. The Morgan fingerprint density at radius 2 is 1.55 bits per heavy atom. The minimum absolute atomic E-state index is 0.00610. The third-order valence-electron chi connectivity index (χ3n) is 6.94. The van der Waals surface area contributed by atoms with Crippen LogP contribution in [0.15, 0.2) is 73.3 Å². The van der Waals surface area contributed by atoms with Gasteiger partial charge in [-0.2, -0.15) is 0 Å². The van der Waals surface area contributed by atoms with Gasteiger partial charge < -0.3 is 14.7 Å². The van der Waals surface area contributed by atoms with Crippen LogP contribution in [0.2, 0.25) is 5.04 Å². The molecule has 0 amide bonds. The van der Waals surface area contributed by atoms with Crippen molar-refractivity contribution in [2.75, 3.05) is 12.3 Å². The van der Waals surface area contributed by atoms with Gasteiger partial charge in [-0.1, -0.05) is 81.4 Å². The number of nitrogens with two attached hydrogens (primary N) is 1. The van der Waals surface area contributed by atoms with Gasteiger partial charge in [0.1, 0.15) is 11.8 Å². The Kier molecular flexibility index (Phi) is 5.54. The van der Waals surface area contributed by atoms with E-state index < -0.39 is 8.32 Å². The number of rotatable bonds is 6. The van der Waals surface area contributed by atoms with Crippen molar-refractivity contribution in [2.45, 2.75) is 44.7 Å². The Hall–Kier alpha value is -3.03. The van der Waals surface area contributed by atoms with Gasteiger partial charge >= 0.3 is 0 Å². The van der Waals surface area contributed by atoms with Crippen LogP contribution in [0.25, 0.3) is 11.2 Å². The van der Waals surface area contributed by atoms with E-state index in [4.69, 9.17) is 10.2 Å². The van der Waals surface area contributed by atoms with Crippen molar-refractivity contribution in [2.24, 2.45) is 5.92 Å². The number of benzene rings is 2. The Balaban J connectivity index is 1.38. The van der Waals surface area contributed by atoms with Crippen molar-refractivity contribution in [1.29, 1.82) is 0 Å². The van der Waals surface area contributed by atoms with Gasteiger partial charge in [0.05, 0.1) is 6.33 Å². The van der Waals surface area contributed by atoms with E-state index in [1.807, 2.05) is 6.33 Å². The van der Waals surface area contributed by atoms with Crippen molar-refractivity contribution in [3.63, 3.8) is 0 Å². The molecule has 1 fully saturated rings. The molecule has 0 radical (unpaired) electrons. The van der Waals surface area contributed by atoms with E-state index in [2.05, 4.69) is 101 Å². The molecule has 2 aromatic heterocycles. The summed E-state index contributed by atoms with van der Waals surface area (Å²) in [5.74, 6) is 0.943. The lowest BCUT2D eigenvalue weighted by atomic mass is 9.81. The number of nitrogen functional groups attached to an aromatic ring is 1. The molecule has 1 aliphatic rings. The fraction of sp³-hybridized carbons (Fsp3) is 0.346. The van der Waals surface area contributed by atoms with Crippen molar-refractivity contribution >= 4 is 35.7 Å². The Morgan fingerprint density at radius 3 is 2.12 bits per heavy atom. The molecule has 7 heteroatoms. The Morgan fingerprint density at radius 1 is 0.939 bits per heavy atom. The quantitative estimate of drug-likeness (QED) is 0.444. The molecule has 2 N–H and O–H groups in total. The zero-order valence-corrected chi connectivity index (χ0v) is 20.5. The van der Waals surface area contributed by atoms with E-state index in [0.29, 0.717) is 23.3 Å². The van der Waals surface area contributed by atoms with Crippen molar-refractivity contribution in [1.82, 2.24) is 19.5 Å². The highest BCUT2D eigenvalue weighted by atomic mass is 28.4. The molecule has 2 aromatic carbocycles. The molecule has 0 atom stereocenters. The third kappa shape index (κ3) is 3.75. The fourth-order valence-electron chi connectivity index (χ4n) is 5.21. The van der Waals surface area contributed by atoms with E-state index in [0.717, 1.165) is 25.1 Å². The molecule has 1 saturated carbocycles. The highest BCUT2D eigenvalue weighted by molar-refractivity contribution is 6.99. The summed E-state index contributed by atoms with van der Waals surface area (Å²) in [4.78, 5) is 12.9. The highest BCUT2D eigenvalue weighted by Crippen LogP contribution is 2.42. The van der Waals surface area contributed by atoms with Gasteiger partial charge in [0.25, 0.3) is 8.32 Å². The summed E-state index contributed by atoms with van der Waals surface area (Å²) in [6.07, 6.45) is 5.46. The molecule has 5 rings (SSSR count). The first-order chi connectivity index (χ1) is 15.9. The van der Waals surface area contributed by atoms with E-state index in [1.54, 1.807) is 0 Å². The minimum atomic E-state index is -2.49. The van der Waals surface area contributed by atoms with Crippen LogP contribution in [0.1, 0.15) is 39.7 Å². The zero-order valence-electron chi connectivity index (χ0n) is 19.5. The van der Waals surface area contributed by atoms with Crippen LogP contribution in [0, 0.1) is 5.92 Å². The SMILES string of the molecule is CC(C)(C)[Si](OC[C@H]1C[C@@H](n2cnc3c(N)ncnc32)C1)(c1ccccc1)c1ccccc1. The van der Waals surface area contributed by atoms with Crippen molar-refractivity contribution in [3.8, 4) is 0 Å². The first kappa shape index (κ1) is 21.8. The van der Waals surface area contributed by atoms with Crippen molar-refractivity contribution in [3.05, 3.63) is 73.3 Å². The fourth-order valence-corrected chi connectivity index (χ4v) is 9.85. The van der Waals surface area contributed by atoms with Gasteiger partial charge in [-0.15, -0.1) is 0 Å². The van der Waals surface area contributed by atoms with Crippen LogP contribution in [-0.4, -0.2) is 34.4 Å². The Bertz CT molecular complexity index is 1190. The van der Waals surface area contributed by atoms with Crippen LogP contribution < -0.4 is 16.1 Å². The molecule has 0 saturated heterocycles. The second-order valence-corrected chi connectivity index (χ2v) is 14.4. The normalized spacial score (nSPS) is 18.9. The Labute approximate surface area is 196 Å². The second-order valence-electron chi connectivity index (χ2n) is 10.0. The van der Waals surface area contributed by atoms with Gasteiger partial charge in [0, 0.05) is 12.6 Å². The van der Waals surface area contributed by atoms with E-state index in [-0.39, 0.29) is 5.04 Å². The standard InChI is InChI=1S/C26H31N5OSi/c1-26(2,3)33(21-10-6-4-7-11-21,22-12-8-5-9-13-22)32-16-19-14-20(15-19)31-18-30-23-24(27)28-17-29-25(23)31/h4-13,17-20H,14-16H2,1-3H3,(H2,27,28,29)/t19-,20+. The molecular formula is C26H31N5OSi. The smallest absolute Gasteiger partial charge is 0.261 e. The minimum Gasteiger partial charge on any atom is -0.407 e. The van der Waals surface area contributed by atoms with E-state index >= 15 is 0 Å². The number of nitrogens with zero attached hydrogens (tertiary/aromatic N) is 4. The lowest BCUT2D eigenvalue weighted by molar-refractivity contribution is 0.121. The van der Waals surface area contributed by atoms with E-state index in [9.17, 15) is 0 Å². The van der Waals surface area contributed by atoms with Gasteiger partial charge in [-0.05, 0) is 34.2 Å². The number of aromatic nitrogens is 4. The van der Waals surface area contributed by atoms with Crippen LogP contribution in [0.3, 0.4) is 0 Å². The number of imidazole rings is 1. The average Bonchev–Trinajstić information content (AvgIpc) is 3.21. The summed E-state index contributed by atoms with van der Waals surface area (Å²) in [5, 5.41) is 2.65. The summed E-state index contributed by atoms with van der Waals surface area (Å²) < 4.78 is 9.26. The molecule has 0 spiro atoms. The molecular weight excluding hydrogens is 426 g/mol. The molecule has 0 bridgehead atoms. The molecule has 4 aromatic rings. The van der Waals surface area contributed by atoms with Crippen LogP contribution in [0.4, 0.5) is 5.82 Å². The van der Waals surface area contributed by atoms with Crippen LogP contribution in [-0.2, 0) is 4.43 Å². The molecule has 2 heterocycles. The lowest BCUT2D eigenvalue weighted by Crippen LogP contribution is -2.67. The maximum absolute atomic E-state index is 7.11. The van der Waals surface area contributed by atoms with Gasteiger partial charge in [-0.25, -0.2) is 15.0 Å². The van der Waals surface area contributed by atoms with Gasteiger partial charge in [-0.3, -0.25) is 0 Å². The molecule has 6 nitrogen and oxygen atoms in total. The number of anilines is 1. The average molecular weight is 458 g/mol.